The summed E-state index contributed by atoms with van der Waals surface area (Å²) < 4.78 is 0. The van der Waals surface area contributed by atoms with E-state index in [0.29, 0.717) is 0 Å². The van der Waals surface area contributed by atoms with Crippen molar-refractivity contribution in [2.75, 3.05) is 5.32 Å². The van der Waals surface area contributed by atoms with Gasteiger partial charge in [0.15, 0.2) is 0 Å². The van der Waals surface area contributed by atoms with Crippen LogP contribution in [0.4, 0.5) is 5.69 Å². The molecule has 1 heterocycles. The highest BCUT2D eigenvalue weighted by Crippen LogP contribution is 2.41. The Bertz CT molecular complexity index is 1060. The fourth-order valence-electron chi connectivity index (χ4n) is 3.34. The van der Waals surface area contributed by atoms with Crippen LogP contribution in [0.2, 0.25) is 0 Å². The molecule has 1 N–H and O–H groups in total. The van der Waals surface area contributed by atoms with E-state index in [2.05, 4.69) is 81.0 Å². The third-order valence-electron chi connectivity index (χ3n) is 4.71. The number of hydrogen-bond donors (Lipinski definition) is 1. The molecule has 0 aliphatic carbocycles. The zero-order valence-electron chi connectivity index (χ0n) is 18.3. The smallest absolute Gasteiger partial charge is 0.0464 e. The van der Waals surface area contributed by atoms with Crippen LogP contribution < -0.4 is 5.32 Å². The molecule has 0 aromatic heterocycles. The molecule has 2 aromatic carbocycles. The third kappa shape index (κ3) is 5.27. The number of rotatable bonds is 5. The number of anilines is 1. The Balaban J connectivity index is 0.00000101. The van der Waals surface area contributed by atoms with E-state index in [-0.39, 0.29) is 0 Å². The van der Waals surface area contributed by atoms with Gasteiger partial charge in [-0.2, -0.15) is 0 Å². The lowest BCUT2D eigenvalue weighted by molar-refractivity contribution is 1.32. The van der Waals surface area contributed by atoms with E-state index < -0.39 is 0 Å². The molecular weight excluding hydrogens is 362 g/mol. The van der Waals surface area contributed by atoms with E-state index in [1.165, 1.54) is 11.1 Å². The number of nitrogens with one attached hydrogen (secondary N) is 1. The summed E-state index contributed by atoms with van der Waals surface area (Å²) in [5, 5.41) is 3.44. The molecule has 2 aromatic rings. The first-order valence-corrected chi connectivity index (χ1v) is 10.1. The molecule has 0 radical (unpaired) electrons. The van der Waals surface area contributed by atoms with Crippen LogP contribution >= 0.6 is 0 Å². The van der Waals surface area contributed by atoms with Gasteiger partial charge in [-0.15, -0.1) is 6.58 Å². The van der Waals surface area contributed by atoms with Crippen molar-refractivity contribution in [1.82, 2.24) is 0 Å². The van der Waals surface area contributed by atoms with Crippen molar-refractivity contribution in [2.45, 2.75) is 20.8 Å². The molecule has 0 saturated heterocycles. The summed E-state index contributed by atoms with van der Waals surface area (Å²) in [4.78, 5) is 0. The monoisotopic (exact) mass is 393 g/mol. The summed E-state index contributed by atoms with van der Waals surface area (Å²) in [5.41, 5.74) is 9.66. The molecule has 0 bridgehead atoms. The van der Waals surface area contributed by atoms with Gasteiger partial charge in [0.25, 0.3) is 0 Å². The summed E-state index contributed by atoms with van der Waals surface area (Å²) >= 11 is 0. The Morgan fingerprint density at radius 2 is 1.67 bits per heavy atom. The van der Waals surface area contributed by atoms with Crippen molar-refractivity contribution in [3.8, 4) is 0 Å². The molecule has 0 spiro atoms. The van der Waals surface area contributed by atoms with Crippen LogP contribution in [0.5, 0.6) is 0 Å². The number of fused-ring (bicyclic) bond motifs is 1. The molecule has 3 rings (SSSR count). The van der Waals surface area contributed by atoms with Crippen molar-refractivity contribution in [3.63, 3.8) is 0 Å². The fraction of sp³-hybridized carbons (Fsp3) is 0.103. The van der Waals surface area contributed by atoms with Gasteiger partial charge in [-0.05, 0) is 43.5 Å². The largest absolute Gasteiger partial charge is 0.355 e. The highest BCUT2D eigenvalue weighted by molar-refractivity contribution is 5.96. The lowest BCUT2D eigenvalue weighted by Crippen LogP contribution is -2.13. The highest BCUT2D eigenvalue weighted by Gasteiger charge is 2.23. The van der Waals surface area contributed by atoms with Crippen LogP contribution in [0.1, 0.15) is 30.5 Å². The van der Waals surface area contributed by atoms with E-state index in [0.717, 1.165) is 39.2 Å². The van der Waals surface area contributed by atoms with Gasteiger partial charge >= 0.3 is 0 Å². The Hall–Kier alpha value is -3.58. The first-order chi connectivity index (χ1) is 14.5. The molecule has 1 nitrogen and oxygen atoms in total. The molecular formula is C29H31N. The maximum atomic E-state index is 4.33. The number of aryl methyl sites for hydroxylation is 1. The summed E-state index contributed by atoms with van der Waals surface area (Å²) in [6, 6.07) is 16.9. The van der Waals surface area contributed by atoms with Gasteiger partial charge in [-0.25, -0.2) is 0 Å². The summed E-state index contributed by atoms with van der Waals surface area (Å²) in [7, 11) is 0. The minimum atomic E-state index is 0.862. The topological polar surface area (TPSA) is 12.0 Å². The first-order valence-electron chi connectivity index (χ1n) is 10.1. The van der Waals surface area contributed by atoms with E-state index in [1.807, 2.05) is 44.2 Å². The van der Waals surface area contributed by atoms with Gasteiger partial charge in [0, 0.05) is 28.1 Å². The quantitative estimate of drug-likeness (QED) is 0.399. The predicted molar refractivity (Wildman–Crippen MR) is 135 cm³/mol. The number of hydrogen-bond acceptors (Lipinski definition) is 1. The predicted octanol–water partition coefficient (Wildman–Crippen LogP) is 8.17. The Kier molecular flexibility index (Phi) is 8.19. The van der Waals surface area contributed by atoms with Gasteiger partial charge in [-0.3, -0.25) is 0 Å². The van der Waals surface area contributed by atoms with Crippen molar-refractivity contribution < 1.29 is 0 Å². The molecule has 1 aliphatic heterocycles. The average molecular weight is 394 g/mol. The standard InChI is InChI=1S/C26H25N.C3H6/c1-6-21(7-2)16-15-19(4)25-20(5)27-24-14-9-8-13-23(24)26(25)22-12-10-11-18(3)17-22;1-3-2/h6-17,27H,1,4-5H2,2-3H3;3H,1H2,2H3/b16-15+,21-7+;. The van der Waals surface area contributed by atoms with Crippen LogP contribution in [0.25, 0.3) is 5.57 Å². The molecule has 152 valence electrons. The SMILES string of the molecule is C=CC.C=CC(/C=C/C(=C)C1=C(c2cccc(C)c2)c2ccccc2NC1=C)=C\C. The highest BCUT2D eigenvalue weighted by atomic mass is 14.9. The molecule has 0 atom stereocenters. The van der Waals surface area contributed by atoms with E-state index in [9.17, 15) is 0 Å². The zero-order chi connectivity index (χ0) is 22.1. The number of benzene rings is 2. The lowest BCUT2D eigenvalue weighted by Gasteiger charge is -2.27. The van der Waals surface area contributed by atoms with Crippen LogP contribution in [-0.2, 0) is 0 Å². The Morgan fingerprint density at radius 3 is 2.30 bits per heavy atom. The maximum Gasteiger partial charge on any atom is 0.0464 e. The van der Waals surface area contributed by atoms with Gasteiger partial charge < -0.3 is 5.32 Å². The number of para-hydroxylation sites is 1. The zero-order valence-corrected chi connectivity index (χ0v) is 18.3. The van der Waals surface area contributed by atoms with E-state index in [4.69, 9.17) is 0 Å². The minimum Gasteiger partial charge on any atom is -0.355 e. The molecule has 0 amide bonds. The lowest BCUT2D eigenvalue weighted by atomic mass is 9.84. The van der Waals surface area contributed by atoms with Gasteiger partial charge in [-0.1, -0.05) is 98.1 Å². The Labute approximate surface area is 181 Å². The van der Waals surface area contributed by atoms with Crippen molar-refractivity contribution >= 4 is 11.3 Å². The second-order valence-corrected chi connectivity index (χ2v) is 7.03. The van der Waals surface area contributed by atoms with Crippen molar-refractivity contribution in [2.24, 2.45) is 0 Å². The molecule has 1 aliphatic rings. The van der Waals surface area contributed by atoms with Gasteiger partial charge in [0.2, 0.25) is 0 Å². The molecule has 0 unspecified atom stereocenters. The first kappa shape index (κ1) is 22.7. The van der Waals surface area contributed by atoms with Crippen LogP contribution in [0, 0.1) is 6.92 Å². The third-order valence-corrected chi connectivity index (χ3v) is 4.71. The molecule has 0 saturated carbocycles. The van der Waals surface area contributed by atoms with Crippen molar-refractivity contribution in [1.29, 1.82) is 0 Å². The molecule has 1 heteroatoms. The maximum absolute atomic E-state index is 4.33. The fourth-order valence-corrected chi connectivity index (χ4v) is 3.34. The van der Waals surface area contributed by atoms with Gasteiger partial charge in [0.05, 0.1) is 0 Å². The van der Waals surface area contributed by atoms with Crippen LogP contribution in [-0.4, -0.2) is 0 Å². The summed E-state index contributed by atoms with van der Waals surface area (Å²) in [6.07, 6.45) is 9.67. The second kappa shape index (κ2) is 10.8. The van der Waals surface area contributed by atoms with Crippen molar-refractivity contribution in [3.05, 3.63) is 144 Å². The van der Waals surface area contributed by atoms with E-state index in [1.54, 1.807) is 6.08 Å². The van der Waals surface area contributed by atoms with Gasteiger partial charge in [0.1, 0.15) is 0 Å². The number of allylic oxidation sites excluding steroid dienone is 7. The molecule has 30 heavy (non-hydrogen) atoms. The second-order valence-electron chi connectivity index (χ2n) is 7.03. The average Bonchev–Trinajstić information content (AvgIpc) is 2.74. The minimum absolute atomic E-state index is 0.862. The Morgan fingerprint density at radius 1 is 0.967 bits per heavy atom. The summed E-state index contributed by atoms with van der Waals surface area (Å²) in [6.45, 7) is 21.8. The summed E-state index contributed by atoms with van der Waals surface area (Å²) in [5.74, 6) is 0. The van der Waals surface area contributed by atoms with E-state index >= 15 is 0 Å². The molecule has 0 fully saturated rings. The van der Waals surface area contributed by atoms with Crippen LogP contribution in [0.3, 0.4) is 0 Å². The normalized spacial score (nSPS) is 13.2. The van der Waals surface area contributed by atoms with Crippen LogP contribution in [0.15, 0.2) is 128 Å².